The standard InChI is InChI=1S/C19H23ClN4O/c1-3-23-9-11-24(12-10-23)19(25)15-7-8-21-18(13-15)22-17-6-4-5-16(20)14(17)2/h4-8,13H,3,9-12H2,1-2H3,(H,21,22). The lowest BCUT2D eigenvalue weighted by atomic mass is 10.2. The Morgan fingerprint density at radius 1 is 1.24 bits per heavy atom. The fraction of sp³-hybridized carbons (Fsp3) is 0.368. The van der Waals surface area contributed by atoms with Crippen LogP contribution in [0.1, 0.15) is 22.8 Å². The molecular weight excluding hydrogens is 336 g/mol. The van der Waals surface area contributed by atoms with Crippen molar-refractivity contribution in [2.45, 2.75) is 13.8 Å². The molecule has 25 heavy (non-hydrogen) atoms. The second-order valence-corrected chi connectivity index (χ2v) is 6.60. The minimum Gasteiger partial charge on any atom is -0.340 e. The number of aromatic nitrogens is 1. The Balaban J connectivity index is 1.73. The second-order valence-electron chi connectivity index (χ2n) is 6.19. The van der Waals surface area contributed by atoms with Crippen LogP contribution in [0.3, 0.4) is 0 Å². The van der Waals surface area contributed by atoms with Crippen LogP contribution in [0.15, 0.2) is 36.5 Å². The van der Waals surface area contributed by atoms with E-state index in [1.54, 1.807) is 18.3 Å². The van der Waals surface area contributed by atoms with Gasteiger partial charge in [0.05, 0.1) is 0 Å². The maximum atomic E-state index is 12.8. The van der Waals surface area contributed by atoms with Crippen molar-refractivity contribution in [1.82, 2.24) is 14.8 Å². The molecule has 0 unspecified atom stereocenters. The summed E-state index contributed by atoms with van der Waals surface area (Å²) in [6.07, 6.45) is 1.66. The van der Waals surface area contributed by atoms with Gasteiger partial charge in [-0.15, -0.1) is 0 Å². The van der Waals surface area contributed by atoms with Crippen LogP contribution in [-0.2, 0) is 0 Å². The number of hydrogen-bond acceptors (Lipinski definition) is 4. The first-order valence-corrected chi connectivity index (χ1v) is 8.96. The summed E-state index contributed by atoms with van der Waals surface area (Å²) in [4.78, 5) is 21.3. The lowest BCUT2D eigenvalue weighted by Crippen LogP contribution is -2.48. The average Bonchev–Trinajstić information content (AvgIpc) is 2.65. The maximum absolute atomic E-state index is 12.8. The molecule has 0 atom stereocenters. The van der Waals surface area contributed by atoms with Gasteiger partial charge in [0.15, 0.2) is 0 Å². The number of benzene rings is 1. The normalized spacial score (nSPS) is 15.2. The lowest BCUT2D eigenvalue weighted by Gasteiger charge is -2.34. The summed E-state index contributed by atoms with van der Waals surface area (Å²) in [5.41, 5.74) is 2.50. The highest BCUT2D eigenvalue weighted by Gasteiger charge is 2.21. The van der Waals surface area contributed by atoms with Gasteiger partial charge in [0.25, 0.3) is 5.91 Å². The molecule has 1 N–H and O–H groups in total. The Kier molecular flexibility index (Phi) is 5.56. The Morgan fingerprint density at radius 2 is 2.00 bits per heavy atom. The van der Waals surface area contributed by atoms with Gasteiger partial charge in [-0.2, -0.15) is 0 Å². The van der Waals surface area contributed by atoms with Crippen LogP contribution in [0.25, 0.3) is 0 Å². The molecule has 0 radical (unpaired) electrons. The Bertz CT molecular complexity index is 757. The predicted octanol–water partition coefficient (Wildman–Crippen LogP) is 3.56. The van der Waals surface area contributed by atoms with Gasteiger partial charge < -0.3 is 15.1 Å². The molecule has 1 aromatic heterocycles. The van der Waals surface area contributed by atoms with Crippen molar-refractivity contribution in [1.29, 1.82) is 0 Å². The van der Waals surface area contributed by atoms with Crippen LogP contribution in [0, 0.1) is 6.92 Å². The van der Waals surface area contributed by atoms with Crippen molar-refractivity contribution in [2.75, 3.05) is 38.0 Å². The molecule has 6 heteroatoms. The molecule has 0 bridgehead atoms. The number of carbonyl (C=O) groups is 1. The third kappa shape index (κ3) is 4.11. The molecular formula is C19H23ClN4O. The van der Waals surface area contributed by atoms with Gasteiger partial charge in [0, 0.05) is 48.6 Å². The van der Waals surface area contributed by atoms with Crippen molar-refractivity contribution < 1.29 is 4.79 Å². The van der Waals surface area contributed by atoms with E-state index in [1.165, 1.54) is 0 Å². The van der Waals surface area contributed by atoms with Crippen LogP contribution in [-0.4, -0.2) is 53.4 Å². The van der Waals surface area contributed by atoms with Crippen molar-refractivity contribution in [3.8, 4) is 0 Å². The molecule has 2 aromatic rings. The molecule has 1 saturated heterocycles. The van der Waals surface area contributed by atoms with E-state index in [0.29, 0.717) is 16.4 Å². The fourth-order valence-electron chi connectivity index (χ4n) is 2.96. The zero-order chi connectivity index (χ0) is 17.8. The highest BCUT2D eigenvalue weighted by molar-refractivity contribution is 6.31. The zero-order valence-electron chi connectivity index (χ0n) is 14.6. The quantitative estimate of drug-likeness (QED) is 0.907. The van der Waals surface area contributed by atoms with E-state index in [1.807, 2.05) is 30.0 Å². The number of halogens is 1. The number of piperazine rings is 1. The van der Waals surface area contributed by atoms with Crippen molar-refractivity contribution >= 4 is 29.0 Å². The van der Waals surface area contributed by atoms with Gasteiger partial charge >= 0.3 is 0 Å². The molecule has 0 aliphatic carbocycles. The second kappa shape index (κ2) is 7.85. The summed E-state index contributed by atoms with van der Waals surface area (Å²) in [6.45, 7) is 8.53. The molecule has 132 valence electrons. The van der Waals surface area contributed by atoms with E-state index < -0.39 is 0 Å². The molecule has 0 saturated carbocycles. The fourth-order valence-corrected chi connectivity index (χ4v) is 3.14. The minimum atomic E-state index is 0.0593. The number of nitrogens with zero attached hydrogens (tertiary/aromatic N) is 3. The molecule has 1 aliphatic heterocycles. The summed E-state index contributed by atoms with van der Waals surface area (Å²) in [6, 6.07) is 9.26. The van der Waals surface area contributed by atoms with Crippen molar-refractivity contribution in [2.24, 2.45) is 0 Å². The molecule has 5 nitrogen and oxygen atoms in total. The van der Waals surface area contributed by atoms with E-state index in [-0.39, 0.29) is 5.91 Å². The molecule has 1 fully saturated rings. The van der Waals surface area contributed by atoms with Gasteiger partial charge in [-0.1, -0.05) is 24.6 Å². The summed E-state index contributed by atoms with van der Waals surface area (Å²) in [5.74, 6) is 0.701. The molecule has 1 aromatic carbocycles. The van der Waals surface area contributed by atoms with Crippen LogP contribution in [0.2, 0.25) is 5.02 Å². The first-order chi connectivity index (χ1) is 12.1. The maximum Gasteiger partial charge on any atom is 0.254 e. The summed E-state index contributed by atoms with van der Waals surface area (Å²) >= 11 is 6.16. The summed E-state index contributed by atoms with van der Waals surface area (Å²) in [7, 11) is 0. The van der Waals surface area contributed by atoms with Crippen molar-refractivity contribution in [3.05, 3.63) is 52.7 Å². The first kappa shape index (κ1) is 17.7. The van der Waals surface area contributed by atoms with Crippen LogP contribution >= 0.6 is 11.6 Å². The summed E-state index contributed by atoms with van der Waals surface area (Å²) in [5, 5.41) is 3.95. The largest absolute Gasteiger partial charge is 0.340 e. The number of anilines is 2. The lowest BCUT2D eigenvalue weighted by molar-refractivity contribution is 0.0643. The van der Waals surface area contributed by atoms with E-state index in [2.05, 4.69) is 22.1 Å². The number of pyridine rings is 1. The number of hydrogen-bond donors (Lipinski definition) is 1. The Morgan fingerprint density at radius 3 is 2.72 bits per heavy atom. The van der Waals surface area contributed by atoms with Gasteiger partial charge in [0.2, 0.25) is 0 Å². The molecule has 1 amide bonds. The van der Waals surface area contributed by atoms with Gasteiger partial charge in [0.1, 0.15) is 5.82 Å². The molecule has 2 heterocycles. The molecule has 1 aliphatic rings. The molecule has 3 rings (SSSR count). The summed E-state index contributed by atoms with van der Waals surface area (Å²) < 4.78 is 0. The van der Waals surface area contributed by atoms with E-state index in [9.17, 15) is 4.79 Å². The SMILES string of the molecule is CCN1CCN(C(=O)c2ccnc(Nc3cccc(Cl)c3C)c2)CC1. The first-order valence-electron chi connectivity index (χ1n) is 8.58. The predicted molar refractivity (Wildman–Crippen MR) is 102 cm³/mol. The van der Waals surface area contributed by atoms with E-state index in [4.69, 9.17) is 11.6 Å². The number of likely N-dealkylation sites (N-methyl/N-ethyl adjacent to an activating group) is 1. The number of carbonyl (C=O) groups excluding carboxylic acids is 1. The van der Waals surface area contributed by atoms with E-state index >= 15 is 0 Å². The Hall–Kier alpha value is -2.11. The average molecular weight is 359 g/mol. The van der Waals surface area contributed by atoms with Gasteiger partial charge in [-0.25, -0.2) is 4.98 Å². The third-order valence-electron chi connectivity index (χ3n) is 4.64. The topological polar surface area (TPSA) is 48.5 Å². The van der Waals surface area contributed by atoms with Crippen LogP contribution in [0.5, 0.6) is 0 Å². The van der Waals surface area contributed by atoms with E-state index in [0.717, 1.165) is 44.0 Å². The minimum absolute atomic E-state index is 0.0593. The highest BCUT2D eigenvalue weighted by Crippen LogP contribution is 2.25. The zero-order valence-corrected chi connectivity index (χ0v) is 15.4. The van der Waals surface area contributed by atoms with Crippen molar-refractivity contribution in [3.63, 3.8) is 0 Å². The third-order valence-corrected chi connectivity index (χ3v) is 5.05. The van der Waals surface area contributed by atoms with Gasteiger partial charge in [-0.3, -0.25) is 4.79 Å². The van der Waals surface area contributed by atoms with Crippen LogP contribution < -0.4 is 5.32 Å². The number of amides is 1. The molecule has 0 spiro atoms. The van der Waals surface area contributed by atoms with Gasteiger partial charge in [-0.05, 0) is 43.3 Å². The number of nitrogens with one attached hydrogen (secondary N) is 1. The Labute approximate surface area is 153 Å². The number of rotatable bonds is 4. The monoisotopic (exact) mass is 358 g/mol. The highest BCUT2D eigenvalue weighted by atomic mass is 35.5. The smallest absolute Gasteiger partial charge is 0.254 e. The van der Waals surface area contributed by atoms with Crippen LogP contribution in [0.4, 0.5) is 11.5 Å².